The van der Waals surface area contributed by atoms with Gasteiger partial charge in [0.05, 0.1) is 13.5 Å². The van der Waals surface area contributed by atoms with E-state index in [0.29, 0.717) is 6.42 Å². The van der Waals surface area contributed by atoms with E-state index in [9.17, 15) is 4.79 Å². The molecule has 0 saturated carbocycles. The number of aromatic nitrogens is 1. The van der Waals surface area contributed by atoms with Gasteiger partial charge in [0.15, 0.2) is 0 Å². The van der Waals surface area contributed by atoms with Gasteiger partial charge in [-0.15, -0.1) is 11.3 Å². The number of nitrogens with zero attached hydrogens (tertiary/aromatic N) is 1. The van der Waals surface area contributed by atoms with Crippen molar-refractivity contribution in [1.29, 1.82) is 0 Å². The van der Waals surface area contributed by atoms with Gasteiger partial charge in [-0.2, -0.15) is 0 Å². The second kappa shape index (κ2) is 3.98. The molecule has 4 heteroatoms. The molecule has 0 bridgehead atoms. The van der Waals surface area contributed by atoms with Crippen molar-refractivity contribution in [3.8, 4) is 0 Å². The minimum atomic E-state index is -0.227. The van der Waals surface area contributed by atoms with Crippen LogP contribution in [0.3, 0.4) is 0 Å². The van der Waals surface area contributed by atoms with Crippen LogP contribution in [-0.4, -0.2) is 18.1 Å². The van der Waals surface area contributed by atoms with Crippen molar-refractivity contribution in [2.24, 2.45) is 0 Å². The second-order valence-corrected chi connectivity index (χ2v) is 4.20. The van der Waals surface area contributed by atoms with Crippen molar-refractivity contribution in [3.05, 3.63) is 28.8 Å². The number of rotatable bonds is 2. The van der Waals surface area contributed by atoms with Gasteiger partial charge in [0, 0.05) is 11.1 Å². The van der Waals surface area contributed by atoms with Crippen molar-refractivity contribution < 1.29 is 9.53 Å². The van der Waals surface area contributed by atoms with Crippen LogP contribution in [0.25, 0.3) is 10.2 Å². The normalized spacial score (nSPS) is 10.5. The molecule has 3 nitrogen and oxygen atoms in total. The van der Waals surface area contributed by atoms with Crippen molar-refractivity contribution in [2.75, 3.05) is 7.11 Å². The van der Waals surface area contributed by atoms with Gasteiger partial charge in [0.25, 0.3) is 0 Å². The Morgan fingerprint density at radius 1 is 1.60 bits per heavy atom. The van der Waals surface area contributed by atoms with Gasteiger partial charge in [-0.3, -0.25) is 4.79 Å². The van der Waals surface area contributed by atoms with Crippen LogP contribution in [0.4, 0.5) is 0 Å². The molecule has 0 aliphatic rings. The zero-order valence-corrected chi connectivity index (χ0v) is 9.43. The Bertz CT molecular complexity index is 504. The number of methoxy groups -OCH3 is 1. The summed E-state index contributed by atoms with van der Waals surface area (Å²) in [4.78, 5) is 16.6. The average molecular weight is 221 g/mol. The first-order valence-corrected chi connectivity index (χ1v) is 5.49. The number of esters is 1. The lowest BCUT2D eigenvalue weighted by Gasteiger charge is -2.03. The zero-order valence-electron chi connectivity index (χ0n) is 8.61. The van der Waals surface area contributed by atoms with E-state index in [1.807, 2.05) is 24.4 Å². The van der Waals surface area contributed by atoms with Gasteiger partial charge in [-0.05, 0) is 30.0 Å². The minimum Gasteiger partial charge on any atom is -0.469 e. The van der Waals surface area contributed by atoms with E-state index in [-0.39, 0.29) is 5.97 Å². The van der Waals surface area contributed by atoms with Gasteiger partial charge in [-0.1, -0.05) is 0 Å². The third-order valence-electron chi connectivity index (χ3n) is 2.30. The predicted octanol–water partition coefficient (Wildman–Crippen LogP) is 2.32. The lowest BCUT2D eigenvalue weighted by atomic mass is 10.1. The smallest absolute Gasteiger partial charge is 0.310 e. The number of aryl methyl sites for hydroxylation is 1. The maximum atomic E-state index is 11.2. The summed E-state index contributed by atoms with van der Waals surface area (Å²) in [5.74, 6) is -0.227. The monoisotopic (exact) mass is 221 g/mol. The molecule has 0 amide bonds. The fraction of sp³-hybridized carbons (Fsp3) is 0.273. The summed E-state index contributed by atoms with van der Waals surface area (Å²) in [7, 11) is 1.40. The summed E-state index contributed by atoms with van der Waals surface area (Å²) in [6.45, 7) is 1.91. The highest BCUT2D eigenvalue weighted by atomic mass is 32.1. The Hall–Kier alpha value is -1.42. The molecule has 0 aromatic carbocycles. The molecule has 0 radical (unpaired) electrons. The summed E-state index contributed by atoms with van der Waals surface area (Å²) >= 11 is 1.61. The molecule has 0 unspecified atom stereocenters. The van der Waals surface area contributed by atoms with E-state index in [2.05, 4.69) is 9.72 Å². The highest BCUT2D eigenvalue weighted by Crippen LogP contribution is 2.21. The largest absolute Gasteiger partial charge is 0.469 e. The van der Waals surface area contributed by atoms with E-state index in [1.165, 1.54) is 7.11 Å². The van der Waals surface area contributed by atoms with Crippen LogP contribution < -0.4 is 0 Å². The van der Waals surface area contributed by atoms with Crippen LogP contribution >= 0.6 is 11.3 Å². The van der Waals surface area contributed by atoms with E-state index < -0.39 is 0 Å². The maximum Gasteiger partial charge on any atom is 0.310 e. The molecule has 2 aromatic heterocycles. The van der Waals surface area contributed by atoms with Crippen molar-refractivity contribution in [3.63, 3.8) is 0 Å². The van der Waals surface area contributed by atoms with Crippen LogP contribution in [0, 0.1) is 6.92 Å². The van der Waals surface area contributed by atoms with Crippen molar-refractivity contribution >= 4 is 27.5 Å². The van der Waals surface area contributed by atoms with Gasteiger partial charge < -0.3 is 4.74 Å². The Balaban J connectivity index is 2.41. The molecule has 0 atom stereocenters. The summed E-state index contributed by atoms with van der Waals surface area (Å²) < 4.78 is 4.64. The van der Waals surface area contributed by atoms with E-state index in [4.69, 9.17) is 0 Å². The summed E-state index contributed by atoms with van der Waals surface area (Å²) in [6.07, 6.45) is 0.293. The fourth-order valence-electron chi connectivity index (χ4n) is 1.43. The van der Waals surface area contributed by atoms with Gasteiger partial charge >= 0.3 is 5.97 Å². The molecule has 15 heavy (non-hydrogen) atoms. The van der Waals surface area contributed by atoms with E-state index >= 15 is 0 Å². The van der Waals surface area contributed by atoms with Crippen LogP contribution in [0.5, 0.6) is 0 Å². The number of pyridine rings is 1. The topological polar surface area (TPSA) is 39.2 Å². The third-order valence-corrected chi connectivity index (χ3v) is 3.12. The molecule has 0 aliphatic heterocycles. The molecule has 0 saturated heterocycles. The minimum absolute atomic E-state index is 0.227. The Morgan fingerprint density at radius 3 is 3.13 bits per heavy atom. The molecule has 0 N–H and O–H groups in total. The summed E-state index contributed by atoms with van der Waals surface area (Å²) in [5, 5.41) is 3.09. The number of thiophene rings is 1. The molecule has 0 spiro atoms. The zero-order chi connectivity index (χ0) is 10.8. The molecule has 2 rings (SSSR count). The lowest BCUT2D eigenvalue weighted by Crippen LogP contribution is -2.06. The molecule has 0 aliphatic carbocycles. The van der Waals surface area contributed by atoms with Crippen LogP contribution in [0.2, 0.25) is 0 Å². The number of carbonyl (C=O) groups excluding carboxylic acids is 1. The highest BCUT2D eigenvalue weighted by Gasteiger charge is 2.08. The maximum absolute atomic E-state index is 11.2. The van der Waals surface area contributed by atoms with Crippen LogP contribution in [0.15, 0.2) is 17.5 Å². The van der Waals surface area contributed by atoms with E-state index in [1.54, 1.807) is 11.3 Å². The Morgan fingerprint density at radius 2 is 2.40 bits per heavy atom. The number of hydrogen-bond donors (Lipinski definition) is 0. The first kappa shape index (κ1) is 10.1. The standard InChI is InChI=1S/C11H11NO2S/c1-7-9(6-10(13)14-2)5-8-3-4-15-11(8)12-7/h3-5H,6H2,1-2H3. The van der Waals surface area contributed by atoms with Crippen LogP contribution in [0.1, 0.15) is 11.3 Å². The molecular weight excluding hydrogens is 210 g/mol. The van der Waals surface area contributed by atoms with Gasteiger partial charge in [-0.25, -0.2) is 4.98 Å². The number of fused-ring (bicyclic) bond motifs is 1. The molecule has 2 aromatic rings. The lowest BCUT2D eigenvalue weighted by molar-refractivity contribution is -0.139. The molecule has 78 valence electrons. The van der Waals surface area contributed by atoms with Crippen molar-refractivity contribution in [2.45, 2.75) is 13.3 Å². The number of ether oxygens (including phenoxy) is 1. The second-order valence-electron chi connectivity index (χ2n) is 3.30. The number of carbonyl (C=O) groups is 1. The highest BCUT2D eigenvalue weighted by molar-refractivity contribution is 7.16. The SMILES string of the molecule is COC(=O)Cc1cc2ccsc2nc1C. The first-order chi connectivity index (χ1) is 7.20. The number of hydrogen-bond acceptors (Lipinski definition) is 4. The van der Waals surface area contributed by atoms with Crippen molar-refractivity contribution in [1.82, 2.24) is 4.98 Å². The Labute approximate surface area is 91.7 Å². The molecule has 0 fully saturated rings. The summed E-state index contributed by atoms with van der Waals surface area (Å²) in [5.41, 5.74) is 1.84. The first-order valence-electron chi connectivity index (χ1n) is 4.61. The molecular formula is C11H11NO2S. The summed E-state index contributed by atoms with van der Waals surface area (Å²) in [6, 6.07) is 4.01. The predicted molar refractivity (Wildman–Crippen MR) is 60.1 cm³/mol. The molecule has 2 heterocycles. The average Bonchev–Trinajstić information content (AvgIpc) is 2.65. The quantitative estimate of drug-likeness (QED) is 0.730. The fourth-order valence-corrected chi connectivity index (χ4v) is 2.23. The Kier molecular flexibility index (Phi) is 2.68. The van der Waals surface area contributed by atoms with E-state index in [0.717, 1.165) is 21.5 Å². The van der Waals surface area contributed by atoms with Gasteiger partial charge in [0.2, 0.25) is 0 Å². The van der Waals surface area contributed by atoms with Crippen LogP contribution in [-0.2, 0) is 16.0 Å². The third kappa shape index (κ3) is 1.99. The van der Waals surface area contributed by atoms with Gasteiger partial charge in [0.1, 0.15) is 4.83 Å².